The van der Waals surface area contributed by atoms with Gasteiger partial charge >= 0.3 is 0 Å². The molecule has 1 rings (SSSR count). The molecular weight excluding hydrogens is 222 g/mol. The fourth-order valence-corrected chi connectivity index (χ4v) is 2.01. The van der Waals surface area contributed by atoms with Crippen LogP contribution in [0.25, 0.3) is 0 Å². The average Bonchev–Trinajstić information content (AvgIpc) is 2.09. The van der Waals surface area contributed by atoms with Gasteiger partial charge in [0.2, 0.25) is 0 Å². The Kier molecular flexibility index (Phi) is 3.50. The molecule has 0 amide bonds. The summed E-state index contributed by atoms with van der Waals surface area (Å²) in [5, 5.41) is 8.13. The Balaban J connectivity index is 3.26. The van der Waals surface area contributed by atoms with Crippen LogP contribution >= 0.6 is 11.6 Å². The molecule has 0 aliphatic heterocycles. The molecule has 0 saturated heterocycles. The SMILES string of the molecule is Cc1cc(Cl)ccc1C(C#N)[SH](=O)=O. The van der Waals surface area contributed by atoms with Crippen LogP contribution in [0.1, 0.15) is 16.4 Å². The monoisotopic (exact) mass is 229 g/mol. The van der Waals surface area contributed by atoms with Crippen LogP contribution in [-0.4, -0.2) is 8.42 Å². The van der Waals surface area contributed by atoms with E-state index in [1.54, 1.807) is 31.2 Å². The Morgan fingerprint density at radius 2 is 2.14 bits per heavy atom. The molecule has 74 valence electrons. The molecule has 0 aliphatic rings. The fourth-order valence-electron chi connectivity index (χ4n) is 1.18. The van der Waals surface area contributed by atoms with Gasteiger partial charge in [-0.25, -0.2) is 8.42 Å². The molecule has 0 bridgehead atoms. The molecule has 3 nitrogen and oxygen atoms in total. The van der Waals surface area contributed by atoms with Crippen molar-refractivity contribution in [3.05, 3.63) is 34.3 Å². The van der Waals surface area contributed by atoms with Gasteiger partial charge in [-0.3, -0.25) is 0 Å². The van der Waals surface area contributed by atoms with E-state index in [1.165, 1.54) is 0 Å². The summed E-state index contributed by atoms with van der Waals surface area (Å²) in [5.41, 5.74) is 1.20. The van der Waals surface area contributed by atoms with Crippen molar-refractivity contribution in [1.82, 2.24) is 0 Å². The zero-order valence-corrected chi connectivity index (χ0v) is 9.05. The third kappa shape index (κ3) is 2.25. The lowest BCUT2D eigenvalue weighted by atomic mass is 10.1. The first-order valence-corrected chi connectivity index (χ1v) is 5.48. The van der Waals surface area contributed by atoms with E-state index < -0.39 is 16.0 Å². The summed E-state index contributed by atoms with van der Waals surface area (Å²) in [6, 6.07) is 6.52. The van der Waals surface area contributed by atoms with Crippen LogP contribution in [0.2, 0.25) is 5.02 Å². The van der Waals surface area contributed by atoms with Crippen molar-refractivity contribution in [2.75, 3.05) is 0 Å². The Labute approximate surface area is 88.9 Å². The van der Waals surface area contributed by atoms with Gasteiger partial charge in [0.15, 0.2) is 16.0 Å². The van der Waals surface area contributed by atoms with Crippen LogP contribution in [0.3, 0.4) is 0 Å². The number of hydrogen-bond donors (Lipinski definition) is 1. The number of hydrogen-bond acceptors (Lipinski definition) is 3. The van der Waals surface area contributed by atoms with Crippen molar-refractivity contribution in [2.45, 2.75) is 12.2 Å². The van der Waals surface area contributed by atoms with Crippen molar-refractivity contribution in [3.63, 3.8) is 0 Å². The molecular formula is C9H8ClNO2S. The third-order valence-electron chi connectivity index (χ3n) is 1.86. The molecule has 1 aromatic carbocycles. The minimum atomic E-state index is -2.77. The van der Waals surface area contributed by atoms with E-state index in [0.29, 0.717) is 16.1 Å². The van der Waals surface area contributed by atoms with E-state index in [-0.39, 0.29) is 0 Å². The highest BCUT2D eigenvalue weighted by Crippen LogP contribution is 2.23. The van der Waals surface area contributed by atoms with Crippen molar-refractivity contribution in [1.29, 1.82) is 5.26 Å². The van der Waals surface area contributed by atoms with Gasteiger partial charge in [-0.2, -0.15) is 5.26 Å². The molecule has 1 atom stereocenters. The zero-order valence-electron chi connectivity index (χ0n) is 7.40. The number of halogens is 1. The predicted molar refractivity (Wildman–Crippen MR) is 54.9 cm³/mol. The first-order valence-electron chi connectivity index (χ1n) is 3.85. The van der Waals surface area contributed by atoms with Gasteiger partial charge in [-0.15, -0.1) is 0 Å². The van der Waals surface area contributed by atoms with Gasteiger partial charge in [0.25, 0.3) is 0 Å². The summed E-state index contributed by atoms with van der Waals surface area (Å²) in [6.07, 6.45) is 0. The van der Waals surface area contributed by atoms with Gasteiger partial charge in [0.05, 0.1) is 6.07 Å². The highest BCUT2D eigenvalue weighted by Gasteiger charge is 2.15. The van der Waals surface area contributed by atoms with Crippen LogP contribution in [0.15, 0.2) is 18.2 Å². The van der Waals surface area contributed by atoms with Gasteiger partial charge in [0, 0.05) is 5.02 Å². The molecule has 0 radical (unpaired) electrons. The van der Waals surface area contributed by atoms with Crippen LogP contribution in [0.5, 0.6) is 0 Å². The van der Waals surface area contributed by atoms with E-state index in [9.17, 15) is 8.42 Å². The second-order valence-corrected chi connectivity index (χ2v) is 4.34. The van der Waals surface area contributed by atoms with Crippen molar-refractivity contribution < 1.29 is 8.42 Å². The Morgan fingerprint density at radius 1 is 1.50 bits per heavy atom. The van der Waals surface area contributed by atoms with Gasteiger partial charge in [-0.1, -0.05) is 17.7 Å². The topological polar surface area (TPSA) is 57.9 Å². The maximum absolute atomic E-state index is 10.7. The second-order valence-electron chi connectivity index (χ2n) is 2.82. The van der Waals surface area contributed by atoms with E-state index in [2.05, 4.69) is 0 Å². The van der Waals surface area contributed by atoms with E-state index in [1.807, 2.05) is 0 Å². The molecule has 5 heteroatoms. The van der Waals surface area contributed by atoms with Crippen molar-refractivity contribution in [2.24, 2.45) is 0 Å². The summed E-state index contributed by atoms with van der Waals surface area (Å²) >= 11 is 5.71. The Bertz CT molecular complexity index is 454. The summed E-state index contributed by atoms with van der Waals surface area (Å²) in [6.45, 7) is 1.73. The van der Waals surface area contributed by atoms with E-state index >= 15 is 0 Å². The van der Waals surface area contributed by atoms with Gasteiger partial charge in [0.1, 0.15) is 0 Å². The molecule has 0 N–H and O–H groups in total. The smallest absolute Gasteiger partial charge is 0.170 e. The van der Waals surface area contributed by atoms with Crippen LogP contribution in [0, 0.1) is 18.3 Å². The molecule has 0 saturated carbocycles. The highest BCUT2D eigenvalue weighted by atomic mass is 35.5. The lowest BCUT2D eigenvalue weighted by Gasteiger charge is -2.06. The first-order chi connectivity index (χ1) is 6.56. The fraction of sp³-hybridized carbons (Fsp3) is 0.222. The third-order valence-corrected chi connectivity index (χ3v) is 2.91. The molecule has 0 aliphatic carbocycles. The van der Waals surface area contributed by atoms with Gasteiger partial charge in [-0.05, 0) is 30.2 Å². The Hall–Kier alpha value is -1.05. The standard InChI is InChI=1S/C9H8ClNO2S/c1-6-4-7(10)2-3-8(6)9(5-11)14(12)13/h2-4,9,14H,1H3. The van der Waals surface area contributed by atoms with Crippen molar-refractivity contribution in [3.8, 4) is 6.07 Å². The van der Waals surface area contributed by atoms with Gasteiger partial charge < -0.3 is 0 Å². The van der Waals surface area contributed by atoms with E-state index in [0.717, 1.165) is 0 Å². The number of benzene rings is 1. The molecule has 1 aromatic rings. The summed E-state index contributed by atoms with van der Waals surface area (Å²) in [5.74, 6) is 0. The minimum absolute atomic E-state index is 0.494. The number of thiol groups is 1. The molecule has 0 aromatic heterocycles. The minimum Gasteiger partial charge on any atom is -0.230 e. The van der Waals surface area contributed by atoms with E-state index in [4.69, 9.17) is 16.9 Å². The molecule has 1 unspecified atom stereocenters. The van der Waals surface area contributed by atoms with Crippen LogP contribution in [0.4, 0.5) is 0 Å². The summed E-state index contributed by atoms with van der Waals surface area (Å²) in [4.78, 5) is 0. The maximum Gasteiger partial charge on any atom is 0.170 e. The number of nitrogens with zero attached hydrogens (tertiary/aromatic N) is 1. The molecule has 0 heterocycles. The molecule has 0 spiro atoms. The summed E-state index contributed by atoms with van der Waals surface area (Å²) in [7, 11) is -2.77. The normalized spacial score (nSPS) is 12.4. The number of rotatable bonds is 2. The zero-order chi connectivity index (χ0) is 10.7. The lowest BCUT2D eigenvalue weighted by molar-refractivity contribution is 0.610. The average molecular weight is 230 g/mol. The predicted octanol–water partition coefficient (Wildman–Crippen LogP) is 1.82. The van der Waals surface area contributed by atoms with Crippen LogP contribution < -0.4 is 0 Å². The molecule has 14 heavy (non-hydrogen) atoms. The van der Waals surface area contributed by atoms with Crippen LogP contribution in [-0.2, 0) is 10.7 Å². The maximum atomic E-state index is 10.7. The number of nitriles is 1. The lowest BCUT2D eigenvalue weighted by Crippen LogP contribution is -1.99. The summed E-state index contributed by atoms with van der Waals surface area (Å²) < 4.78 is 21.5. The van der Waals surface area contributed by atoms with Crippen molar-refractivity contribution >= 4 is 22.3 Å². The second kappa shape index (κ2) is 4.45. The number of aryl methyl sites for hydroxylation is 1. The quantitative estimate of drug-likeness (QED) is 0.787. The largest absolute Gasteiger partial charge is 0.230 e. The first kappa shape index (κ1) is 11.0. The Morgan fingerprint density at radius 3 is 2.57 bits per heavy atom. The highest BCUT2D eigenvalue weighted by molar-refractivity contribution is 7.73. The molecule has 0 fully saturated rings.